The molecule has 116 valence electrons. The van der Waals surface area contributed by atoms with E-state index in [1.807, 2.05) is 0 Å². The number of ether oxygens (including phenoxy) is 2. The minimum Gasteiger partial charge on any atom is -0.477 e. The Hall–Kier alpha value is -2.64. The van der Waals surface area contributed by atoms with E-state index in [1.54, 1.807) is 40.4 Å². The minimum absolute atomic E-state index is 0.0286. The Morgan fingerprint density at radius 2 is 2.14 bits per heavy atom. The van der Waals surface area contributed by atoms with Crippen molar-refractivity contribution >= 4 is 5.91 Å². The van der Waals surface area contributed by atoms with E-state index in [1.165, 1.54) is 7.11 Å². The average Bonchev–Trinajstić information content (AvgIpc) is 3.19. The highest BCUT2D eigenvalue weighted by atomic mass is 16.5. The van der Waals surface area contributed by atoms with E-state index >= 15 is 0 Å². The van der Waals surface area contributed by atoms with E-state index in [2.05, 4.69) is 15.1 Å². The van der Waals surface area contributed by atoms with Crippen LogP contribution in [0.2, 0.25) is 0 Å². The van der Waals surface area contributed by atoms with Crippen molar-refractivity contribution in [2.75, 3.05) is 20.2 Å². The van der Waals surface area contributed by atoms with Gasteiger partial charge in [0.25, 0.3) is 11.8 Å². The topological polar surface area (TPSA) is 82.4 Å². The highest BCUT2D eigenvalue weighted by molar-refractivity contribution is 5.76. The highest BCUT2D eigenvalue weighted by Gasteiger charge is 2.28. The molecule has 3 rings (SSSR count). The standard InChI is InChI=1S/C14H17N5O3/c1-21-13-14(16-6-5-15-13)22-11-3-8-18(9-11)12(20)10-19-7-2-4-17-19/h2,4-7,11H,3,8-10H2,1H3. The summed E-state index contributed by atoms with van der Waals surface area (Å²) >= 11 is 0. The van der Waals surface area contributed by atoms with Gasteiger partial charge in [-0.3, -0.25) is 9.48 Å². The van der Waals surface area contributed by atoms with Gasteiger partial charge in [-0.25, -0.2) is 9.97 Å². The van der Waals surface area contributed by atoms with Crippen molar-refractivity contribution in [3.8, 4) is 11.8 Å². The first kappa shape index (κ1) is 14.3. The van der Waals surface area contributed by atoms with Crippen LogP contribution in [0.1, 0.15) is 6.42 Å². The summed E-state index contributed by atoms with van der Waals surface area (Å²) in [5.74, 6) is 0.737. The van der Waals surface area contributed by atoms with Gasteiger partial charge >= 0.3 is 0 Å². The van der Waals surface area contributed by atoms with Gasteiger partial charge in [0.05, 0.1) is 13.7 Å². The van der Waals surface area contributed by atoms with Gasteiger partial charge in [0.15, 0.2) is 0 Å². The molecule has 0 spiro atoms. The Morgan fingerprint density at radius 1 is 1.32 bits per heavy atom. The molecule has 0 bridgehead atoms. The lowest BCUT2D eigenvalue weighted by Gasteiger charge is -2.17. The van der Waals surface area contributed by atoms with Crippen LogP contribution in [0.5, 0.6) is 11.8 Å². The van der Waals surface area contributed by atoms with Crippen molar-refractivity contribution in [3.63, 3.8) is 0 Å². The first-order valence-electron chi connectivity index (χ1n) is 7.03. The molecule has 1 aliphatic rings. The van der Waals surface area contributed by atoms with Crippen LogP contribution in [0.3, 0.4) is 0 Å². The lowest BCUT2D eigenvalue weighted by Crippen LogP contribution is -2.33. The maximum absolute atomic E-state index is 12.2. The van der Waals surface area contributed by atoms with Crippen molar-refractivity contribution in [2.24, 2.45) is 0 Å². The third kappa shape index (κ3) is 3.16. The van der Waals surface area contributed by atoms with E-state index < -0.39 is 0 Å². The predicted octanol–water partition coefficient (Wildman–Crippen LogP) is 0.362. The molecule has 0 saturated carbocycles. The molecule has 1 atom stereocenters. The number of rotatable bonds is 5. The third-order valence-electron chi connectivity index (χ3n) is 3.46. The summed E-state index contributed by atoms with van der Waals surface area (Å²) < 4.78 is 12.5. The van der Waals surface area contributed by atoms with E-state index in [0.717, 1.165) is 6.42 Å². The Morgan fingerprint density at radius 3 is 2.86 bits per heavy atom. The Balaban J connectivity index is 1.57. The molecule has 1 amide bonds. The molecule has 3 heterocycles. The van der Waals surface area contributed by atoms with Crippen molar-refractivity contribution < 1.29 is 14.3 Å². The second-order valence-electron chi connectivity index (χ2n) is 4.94. The predicted molar refractivity (Wildman–Crippen MR) is 76.4 cm³/mol. The maximum atomic E-state index is 12.2. The number of carbonyl (C=O) groups excluding carboxylic acids is 1. The van der Waals surface area contributed by atoms with E-state index in [0.29, 0.717) is 24.8 Å². The minimum atomic E-state index is -0.104. The van der Waals surface area contributed by atoms with Gasteiger partial charge in [-0.05, 0) is 6.07 Å². The maximum Gasteiger partial charge on any atom is 0.278 e. The summed E-state index contributed by atoms with van der Waals surface area (Å²) in [5.41, 5.74) is 0. The first-order valence-corrected chi connectivity index (χ1v) is 7.03. The average molecular weight is 303 g/mol. The third-order valence-corrected chi connectivity index (χ3v) is 3.46. The second-order valence-corrected chi connectivity index (χ2v) is 4.94. The zero-order valence-corrected chi connectivity index (χ0v) is 12.3. The summed E-state index contributed by atoms with van der Waals surface area (Å²) in [5, 5.41) is 4.04. The summed E-state index contributed by atoms with van der Waals surface area (Å²) in [7, 11) is 1.52. The Kier molecular flexibility index (Phi) is 4.17. The van der Waals surface area contributed by atoms with Gasteiger partial charge in [-0.15, -0.1) is 0 Å². The van der Waals surface area contributed by atoms with E-state index in [-0.39, 0.29) is 18.6 Å². The van der Waals surface area contributed by atoms with Crippen molar-refractivity contribution in [2.45, 2.75) is 19.1 Å². The summed E-state index contributed by atoms with van der Waals surface area (Å²) in [4.78, 5) is 22.1. The second kappa shape index (κ2) is 6.42. The van der Waals surface area contributed by atoms with Crippen molar-refractivity contribution in [1.82, 2.24) is 24.6 Å². The normalized spacial score (nSPS) is 17.5. The number of aromatic nitrogens is 4. The van der Waals surface area contributed by atoms with Gasteiger partial charge in [0.1, 0.15) is 12.6 Å². The van der Waals surface area contributed by atoms with Crippen LogP contribution >= 0.6 is 0 Å². The molecule has 8 heteroatoms. The molecule has 2 aromatic rings. The van der Waals surface area contributed by atoms with Crippen LogP contribution < -0.4 is 9.47 Å². The molecule has 2 aromatic heterocycles. The fraction of sp³-hybridized carbons (Fsp3) is 0.429. The van der Waals surface area contributed by atoms with Gasteiger partial charge in [-0.1, -0.05) is 0 Å². The lowest BCUT2D eigenvalue weighted by atomic mass is 10.3. The van der Waals surface area contributed by atoms with Crippen LogP contribution in [-0.4, -0.2) is 56.9 Å². The lowest BCUT2D eigenvalue weighted by molar-refractivity contribution is -0.131. The fourth-order valence-electron chi connectivity index (χ4n) is 2.37. The molecule has 1 aliphatic heterocycles. The molecule has 0 N–H and O–H groups in total. The molecule has 22 heavy (non-hydrogen) atoms. The van der Waals surface area contributed by atoms with E-state index in [4.69, 9.17) is 9.47 Å². The SMILES string of the molecule is COc1nccnc1OC1CCN(C(=O)Cn2cccn2)C1. The monoisotopic (exact) mass is 303 g/mol. The molecule has 1 unspecified atom stereocenters. The van der Waals surface area contributed by atoms with Gasteiger partial charge in [0.2, 0.25) is 5.91 Å². The van der Waals surface area contributed by atoms with Crippen LogP contribution in [0.15, 0.2) is 30.9 Å². The number of nitrogens with zero attached hydrogens (tertiary/aromatic N) is 5. The molecular formula is C14H17N5O3. The molecule has 0 radical (unpaired) electrons. The Labute approximate surface area is 127 Å². The zero-order valence-electron chi connectivity index (χ0n) is 12.3. The van der Waals surface area contributed by atoms with Gasteiger partial charge in [0, 0.05) is 37.8 Å². The molecule has 0 aliphatic carbocycles. The summed E-state index contributed by atoms with van der Waals surface area (Å²) in [6.45, 7) is 1.43. The summed E-state index contributed by atoms with van der Waals surface area (Å²) in [6.07, 6.45) is 7.17. The van der Waals surface area contributed by atoms with Crippen LogP contribution in [0.25, 0.3) is 0 Å². The smallest absolute Gasteiger partial charge is 0.278 e. The number of hydrogen-bond acceptors (Lipinski definition) is 6. The summed E-state index contributed by atoms with van der Waals surface area (Å²) in [6, 6.07) is 1.80. The van der Waals surface area contributed by atoms with Gasteiger partial charge < -0.3 is 14.4 Å². The number of hydrogen-bond donors (Lipinski definition) is 0. The molecule has 8 nitrogen and oxygen atoms in total. The van der Waals surface area contributed by atoms with Crippen molar-refractivity contribution in [3.05, 3.63) is 30.9 Å². The molecule has 1 saturated heterocycles. The van der Waals surface area contributed by atoms with Crippen molar-refractivity contribution in [1.29, 1.82) is 0 Å². The quantitative estimate of drug-likeness (QED) is 0.793. The molecule has 0 aromatic carbocycles. The van der Waals surface area contributed by atoms with Gasteiger partial charge in [-0.2, -0.15) is 5.10 Å². The van der Waals surface area contributed by atoms with E-state index in [9.17, 15) is 4.79 Å². The number of carbonyl (C=O) groups is 1. The number of amides is 1. The number of likely N-dealkylation sites (tertiary alicyclic amines) is 1. The molecule has 1 fully saturated rings. The largest absolute Gasteiger partial charge is 0.477 e. The van der Waals surface area contributed by atoms with Crippen LogP contribution in [0.4, 0.5) is 0 Å². The van der Waals surface area contributed by atoms with Crippen LogP contribution in [0, 0.1) is 0 Å². The van der Waals surface area contributed by atoms with Crippen LogP contribution in [-0.2, 0) is 11.3 Å². The molecular weight excluding hydrogens is 286 g/mol. The first-order chi connectivity index (χ1) is 10.8. The fourth-order valence-corrected chi connectivity index (χ4v) is 2.37. The Bertz CT molecular complexity index is 631. The zero-order chi connectivity index (χ0) is 15.4. The highest BCUT2D eigenvalue weighted by Crippen LogP contribution is 2.23. The number of methoxy groups -OCH3 is 1.